The number of likely N-dealkylation sites (tertiary alicyclic amines) is 1. The maximum absolute atomic E-state index is 13.5. The van der Waals surface area contributed by atoms with E-state index in [-0.39, 0.29) is 36.5 Å². The minimum absolute atomic E-state index is 0.0232. The van der Waals surface area contributed by atoms with Crippen molar-refractivity contribution in [2.75, 3.05) is 39.4 Å². The number of nitriles is 1. The second-order valence-electron chi connectivity index (χ2n) is 10.2. The number of hydrogen-bond acceptors (Lipinski definition) is 6. The number of hydrogen-bond donors (Lipinski definition) is 0. The van der Waals surface area contributed by atoms with Gasteiger partial charge in [0.05, 0.1) is 49.4 Å². The van der Waals surface area contributed by atoms with Crippen LogP contribution < -0.4 is 0 Å². The van der Waals surface area contributed by atoms with Gasteiger partial charge in [0, 0.05) is 13.1 Å². The molecule has 8 heteroatoms. The Morgan fingerprint density at radius 1 is 1.09 bits per heavy atom. The van der Waals surface area contributed by atoms with E-state index in [2.05, 4.69) is 11.0 Å². The Labute approximate surface area is 196 Å². The van der Waals surface area contributed by atoms with E-state index in [0.717, 1.165) is 31.5 Å². The second-order valence-corrected chi connectivity index (χ2v) is 10.2. The molecule has 8 nitrogen and oxygen atoms in total. The average molecular weight is 455 g/mol. The quantitative estimate of drug-likeness (QED) is 0.697. The lowest BCUT2D eigenvalue weighted by atomic mass is 9.91. The van der Waals surface area contributed by atoms with Crippen molar-refractivity contribution in [3.63, 3.8) is 0 Å². The molecule has 2 unspecified atom stereocenters. The summed E-state index contributed by atoms with van der Waals surface area (Å²) >= 11 is 0. The van der Waals surface area contributed by atoms with Crippen LogP contribution in [0.3, 0.4) is 0 Å². The van der Waals surface area contributed by atoms with Gasteiger partial charge in [-0.1, -0.05) is 12.1 Å². The molecule has 3 aliphatic heterocycles. The Hall–Kier alpha value is -2.63. The Morgan fingerprint density at radius 2 is 1.79 bits per heavy atom. The molecule has 33 heavy (non-hydrogen) atoms. The molecule has 3 atom stereocenters. The second kappa shape index (κ2) is 9.70. The average Bonchev–Trinajstić information content (AvgIpc) is 3.31. The fourth-order valence-corrected chi connectivity index (χ4v) is 5.24. The number of carbonyl (C=O) groups is 2. The molecule has 0 aliphatic carbocycles. The van der Waals surface area contributed by atoms with Gasteiger partial charge in [0.1, 0.15) is 5.60 Å². The zero-order chi connectivity index (χ0) is 23.6. The van der Waals surface area contributed by atoms with Gasteiger partial charge in [-0.3, -0.25) is 14.6 Å². The third-order valence-corrected chi connectivity index (χ3v) is 6.68. The van der Waals surface area contributed by atoms with Crippen molar-refractivity contribution in [3.05, 3.63) is 35.4 Å². The molecule has 0 spiro atoms. The minimum atomic E-state index is -0.588. The summed E-state index contributed by atoms with van der Waals surface area (Å²) in [6.07, 6.45) is 2.16. The summed E-state index contributed by atoms with van der Waals surface area (Å²) in [7, 11) is 0. The zero-order valence-electron chi connectivity index (χ0n) is 19.8. The van der Waals surface area contributed by atoms with Gasteiger partial charge in [-0.25, -0.2) is 4.79 Å². The minimum Gasteiger partial charge on any atom is -0.444 e. The van der Waals surface area contributed by atoms with E-state index in [9.17, 15) is 14.9 Å². The topological polar surface area (TPSA) is 86.1 Å². The van der Waals surface area contributed by atoms with Gasteiger partial charge in [0.2, 0.25) is 5.91 Å². The molecule has 1 aromatic carbocycles. The Bertz CT molecular complexity index is 916. The number of nitrogens with zero attached hydrogens (tertiary/aromatic N) is 4. The number of carbonyl (C=O) groups excluding carboxylic acids is 2. The number of fused-ring (bicyclic) bond motifs is 1. The van der Waals surface area contributed by atoms with E-state index >= 15 is 0 Å². The first-order chi connectivity index (χ1) is 15.8. The SMILES string of the molecule is CC(C)(C)OC(=O)N1CCN(C(=O)Cc2cccc(C#N)c2)C2C1COC[C@@H]2N1CCCC1. The Morgan fingerprint density at radius 3 is 2.48 bits per heavy atom. The lowest BCUT2D eigenvalue weighted by Gasteiger charge is -2.54. The third-order valence-electron chi connectivity index (χ3n) is 6.68. The van der Waals surface area contributed by atoms with E-state index in [1.165, 1.54) is 0 Å². The maximum Gasteiger partial charge on any atom is 0.410 e. The molecule has 0 N–H and O–H groups in total. The van der Waals surface area contributed by atoms with Crippen LogP contribution in [0.5, 0.6) is 0 Å². The van der Waals surface area contributed by atoms with Gasteiger partial charge in [0.25, 0.3) is 0 Å². The molecular formula is C25H34N4O4. The summed E-state index contributed by atoms with van der Waals surface area (Å²) in [6.45, 7) is 9.37. The summed E-state index contributed by atoms with van der Waals surface area (Å²) < 4.78 is 11.7. The lowest BCUT2D eigenvalue weighted by molar-refractivity contribution is -0.151. The van der Waals surface area contributed by atoms with Crippen molar-refractivity contribution >= 4 is 12.0 Å². The highest BCUT2D eigenvalue weighted by molar-refractivity contribution is 5.80. The van der Waals surface area contributed by atoms with Crippen molar-refractivity contribution < 1.29 is 19.1 Å². The lowest BCUT2D eigenvalue weighted by Crippen LogP contribution is -2.72. The molecule has 0 aromatic heterocycles. The maximum atomic E-state index is 13.5. The first-order valence-electron chi connectivity index (χ1n) is 11.9. The van der Waals surface area contributed by atoms with Gasteiger partial charge in [-0.05, 0) is 64.4 Å². The molecule has 1 aromatic rings. The number of amides is 2. The molecule has 3 saturated heterocycles. The summed E-state index contributed by atoms with van der Waals surface area (Å²) in [4.78, 5) is 32.7. The van der Waals surface area contributed by atoms with Crippen LogP contribution in [0.1, 0.15) is 44.7 Å². The van der Waals surface area contributed by atoms with Crippen LogP contribution in [0.25, 0.3) is 0 Å². The van der Waals surface area contributed by atoms with Crippen LogP contribution in [0.15, 0.2) is 24.3 Å². The number of ether oxygens (including phenoxy) is 2. The summed E-state index contributed by atoms with van der Waals surface area (Å²) in [6, 6.07) is 9.00. The number of rotatable bonds is 3. The van der Waals surface area contributed by atoms with Crippen LogP contribution >= 0.6 is 0 Å². The molecule has 3 fully saturated rings. The molecule has 0 radical (unpaired) electrons. The molecule has 0 saturated carbocycles. The van der Waals surface area contributed by atoms with E-state index < -0.39 is 5.60 Å². The third kappa shape index (κ3) is 5.31. The number of piperazine rings is 1. The van der Waals surface area contributed by atoms with Gasteiger partial charge in [0.15, 0.2) is 0 Å². The van der Waals surface area contributed by atoms with Gasteiger partial charge < -0.3 is 14.4 Å². The van der Waals surface area contributed by atoms with E-state index in [0.29, 0.717) is 31.9 Å². The van der Waals surface area contributed by atoms with Gasteiger partial charge in [-0.15, -0.1) is 0 Å². The van der Waals surface area contributed by atoms with Crippen LogP contribution in [0.2, 0.25) is 0 Å². The highest BCUT2D eigenvalue weighted by atomic mass is 16.6. The van der Waals surface area contributed by atoms with Crippen molar-refractivity contribution in [1.82, 2.24) is 14.7 Å². The van der Waals surface area contributed by atoms with Gasteiger partial charge >= 0.3 is 6.09 Å². The zero-order valence-corrected chi connectivity index (χ0v) is 19.8. The highest BCUT2D eigenvalue weighted by Crippen LogP contribution is 2.31. The summed E-state index contributed by atoms with van der Waals surface area (Å²) in [5.74, 6) is 0.0232. The van der Waals surface area contributed by atoms with Crippen molar-refractivity contribution in [2.45, 2.75) is 63.8 Å². The summed E-state index contributed by atoms with van der Waals surface area (Å²) in [5.41, 5.74) is 0.790. The fraction of sp³-hybridized carbons (Fsp3) is 0.640. The molecule has 3 aliphatic rings. The van der Waals surface area contributed by atoms with Crippen LogP contribution in [-0.4, -0.2) is 89.8 Å². The van der Waals surface area contributed by atoms with E-state index in [4.69, 9.17) is 9.47 Å². The highest BCUT2D eigenvalue weighted by Gasteiger charge is 2.49. The van der Waals surface area contributed by atoms with E-state index in [1.54, 1.807) is 17.0 Å². The summed E-state index contributed by atoms with van der Waals surface area (Å²) in [5, 5.41) is 9.20. The molecular weight excluding hydrogens is 420 g/mol. The number of benzene rings is 1. The molecule has 3 heterocycles. The normalized spacial score (nSPS) is 25.9. The Kier molecular flexibility index (Phi) is 6.91. The smallest absolute Gasteiger partial charge is 0.410 e. The Balaban J connectivity index is 1.59. The largest absolute Gasteiger partial charge is 0.444 e. The predicted molar refractivity (Wildman–Crippen MR) is 123 cm³/mol. The molecule has 2 amide bonds. The predicted octanol–water partition coefficient (Wildman–Crippen LogP) is 2.41. The van der Waals surface area contributed by atoms with Gasteiger partial charge in [-0.2, -0.15) is 5.26 Å². The monoisotopic (exact) mass is 454 g/mol. The first-order valence-corrected chi connectivity index (χ1v) is 11.9. The first kappa shape index (κ1) is 23.5. The van der Waals surface area contributed by atoms with Crippen LogP contribution in [-0.2, 0) is 20.7 Å². The van der Waals surface area contributed by atoms with Crippen molar-refractivity contribution in [3.8, 4) is 6.07 Å². The van der Waals surface area contributed by atoms with Crippen LogP contribution in [0.4, 0.5) is 4.79 Å². The van der Waals surface area contributed by atoms with E-state index in [1.807, 2.05) is 37.8 Å². The molecule has 0 bridgehead atoms. The van der Waals surface area contributed by atoms with Crippen LogP contribution in [0, 0.1) is 11.3 Å². The standard InChI is InChI=1S/C25H34N4O4/c1-25(2,3)33-24(31)28-11-12-29(22(30)14-18-7-6-8-19(13-18)15-26)23-20(16-32-17-21(23)28)27-9-4-5-10-27/h6-8,13,20-21,23H,4-5,9-12,14,16-17H2,1-3H3/t20-,21?,23?/m0/s1. The van der Waals surface area contributed by atoms with Crippen molar-refractivity contribution in [1.29, 1.82) is 5.26 Å². The molecule has 178 valence electrons. The fourth-order valence-electron chi connectivity index (χ4n) is 5.24. The molecule has 4 rings (SSSR count). The van der Waals surface area contributed by atoms with Crippen molar-refractivity contribution in [2.24, 2.45) is 0 Å².